The van der Waals surface area contributed by atoms with Crippen LogP contribution in [0, 0.1) is 0 Å². The molecule has 0 aliphatic heterocycles. The molecule has 2 N–H and O–H groups in total. The van der Waals surface area contributed by atoms with Crippen LogP contribution in [0.5, 0.6) is 5.75 Å². The van der Waals surface area contributed by atoms with Crippen LogP contribution in [-0.2, 0) is 11.2 Å². The number of imidazole rings is 1. The molecule has 0 fully saturated rings. The number of hydrogen-bond acceptors (Lipinski definition) is 3. The lowest BCUT2D eigenvalue weighted by molar-refractivity contribution is -0.121. The summed E-state index contributed by atoms with van der Waals surface area (Å²) in [5.41, 5.74) is 3.09. The first-order chi connectivity index (χ1) is 13.1. The van der Waals surface area contributed by atoms with Gasteiger partial charge in [0, 0.05) is 6.42 Å². The highest BCUT2D eigenvalue weighted by molar-refractivity contribution is 9.10. The first-order valence-electron chi connectivity index (χ1n) is 8.79. The third kappa shape index (κ3) is 4.98. The molecule has 0 aliphatic rings. The van der Waals surface area contributed by atoms with Gasteiger partial charge >= 0.3 is 0 Å². The highest BCUT2D eigenvalue weighted by atomic mass is 79.9. The number of rotatable bonds is 7. The zero-order chi connectivity index (χ0) is 19.2. The highest BCUT2D eigenvalue weighted by Crippen LogP contribution is 2.26. The van der Waals surface area contributed by atoms with E-state index in [9.17, 15) is 4.79 Å². The number of aromatic amines is 1. The average molecular weight is 428 g/mol. The molecule has 3 rings (SSSR count). The van der Waals surface area contributed by atoms with E-state index in [4.69, 9.17) is 4.74 Å². The summed E-state index contributed by atoms with van der Waals surface area (Å²) in [5, 5.41) is 3.00. The van der Waals surface area contributed by atoms with E-state index in [1.54, 1.807) is 13.3 Å². The maximum absolute atomic E-state index is 12.3. The number of ether oxygens (including phenoxy) is 1. The van der Waals surface area contributed by atoms with Crippen molar-refractivity contribution in [3.63, 3.8) is 0 Å². The van der Waals surface area contributed by atoms with Crippen molar-refractivity contribution in [3.05, 3.63) is 70.6 Å². The van der Waals surface area contributed by atoms with Crippen molar-refractivity contribution >= 4 is 21.8 Å². The SMILES string of the molecule is COc1ccc(CCC(=O)NC(C)c2ncc(-c3ccccc3)[nH]2)cc1Br. The molecule has 1 aromatic heterocycles. The van der Waals surface area contributed by atoms with E-state index in [2.05, 4.69) is 31.2 Å². The predicted octanol–water partition coefficient (Wildman–Crippen LogP) is 4.66. The van der Waals surface area contributed by atoms with Gasteiger partial charge in [0.15, 0.2) is 0 Å². The minimum absolute atomic E-state index is 0.00731. The number of benzene rings is 2. The van der Waals surface area contributed by atoms with Gasteiger partial charge in [-0.3, -0.25) is 4.79 Å². The molecule has 0 saturated carbocycles. The van der Waals surface area contributed by atoms with Gasteiger partial charge in [-0.2, -0.15) is 0 Å². The lowest BCUT2D eigenvalue weighted by Crippen LogP contribution is -2.27. The Morgan fingerprint density at radius 1 is 1.26 bits per heavy atom. The number of carbonyl (C=O) groups is 1. The van der Waals surface area contributed by atoms with Gasteiger partial charge in [-0.15, -0.1) is 0 Å². The van der Waals surface area contributed by atoms with Gasteiger partial charge in [0.05, 0.1) is 29.5 Å². The van der Waals surface area contributed by atoms with E-state index in [-0.39, 0.29) is 11.9 Å². The number of amides is 1. The quantitative estimate of drug-likeness (QED) is 0.576. The number of methoxy groups -OCH3 is 1. The fraction of sp³-hybridized carbons (Fsp3) is 0.238. The molecule has 2 aromatic carbocycles. The average Bonchev–Trinajstić information content (AvgIpc) is 3.17. The molecule has 0 radical (unpaired) electrons. The van der Waals surface area contributed by atoms with Crippen LogP contribution in [0.15, 0.2) is 59.2 Å². The number of carbonyl (C=O) groups excluding carboxylic acids is 1. The Bertz CT molecular complexity index is 909. The van der Waals surface area contributed by atoms with E-state index in [1.165, 1.54) is 0 Å². The zero-order valence-electron chi connectivity index (χ0n) is 15.3. The first-order valence-corrected chi connectivity index (χ1v) is 9.58. The fourth-order valence-electron chi connectivity index (χ4n) is 2.83. The van der Waals surface area contributed by atoms with Gasteiger partial charge in [-0.25, -0.2) is 4.98 Å². The number of H-pyrrole nitrogens is 1. The van der Waals surface area contributed by atoms with Crippen molar-refractivity contribution in [1.82, 2.24) is 15.3 Å². The molecule has 27 heavy (non-hydrogen) atoms. The molecular weight excluding hydrogens is 406 g/mol. The molecule has 1 amide bonds. The Morgan fingerprint density at radius 3 is 2.74 bits per heavy atom. The minimum Gasteiger partial charge on any atom is -0.496 e. The molecule has 1 unspecified atom stereocenters. The Morgan fingerprint density at radius 2 is 2.04 bits per heavy atom. The smallest absolute Gasteiger partial charge is 0.220 e. The second kappa shape index (κ2) is 8.86. The van der Waals surface area contributed by atoms with Gasteiger partial charge in [-0.1, -0.05) is 36.4 Å². The summed E-state index contributed by atoms with van der Waals surface area (Å²) in [4.78, 5) is 20.0. The summed E-state index contributed by atoms with van der Waals surface area (Å²) in [6, 6.07) is 15.7. The van der Waals surface area contributed by atoms with Gasteiger partial charge in [-0.05, 0) is 52.5 Å². The second-order valence-electron chi connectivity index (χ2n) is 6.31. The van der Waals surface area contributed by atoms with Gasteiger partial charge in [0.2, 0.25) is 5.91 Å². The van der Waals surface area contributed by atoms with Crippen molar-refractivity contribution in [3.8, 4) is 17.0 Å². The monoisotopic (exact) mass is 427 g/mol. The van der Waals surface area contributed by atoms with Crippen LogP contribution in [0.3, 0.4) is 0 Å². The summed E-state index contributed by atoms with van der Waals surface area (Å²) in [6.07, 6.45) is 2.87. The lowest BCUT2D eigenvalue weighted by atomic mass is 10.1. The van der Waals surface area contributed by atoms with Gasteiger partial charge in [0.1, 0.15) is 11.6 Å². The number of aryl methyl sites for hydroxylation is 1. The molecule has 140 valence electrons. The Hall–Kier alpha value is -2.60. The predicted molar refractivity (Wildman–Crippen MR) is 110 cm³/mol. The number of nitrogens with zero attached hydrogens (tertiary/aromatic N) is 1. The van der Waals surface area contributed by atoms with Crippen LogP contribution in [-0.4, -0.2) is 23.0 Å². The van der Waals surface area contributed by atoms with Gasteiger partial charge in [0.25, 0.3) is 0 Å². The van der Waals surface area contributed by atoms with Crippen LogP contribution in [0.2, 0.25) is 0 Å². The third-order valence-corrected chi connectivity index (χ3v) is 4.94. The molecule has 0 aliphatic carbocycles. The highest BCUT2D eigenvalue weighted by Gasteiger charge is 2.13. The largest absolute Gasteiger partial charge is 0.496 e. The number of nitrogens with one attached hydrogen (secondary N) is 2. The van der Waals surface area contributed by atoms with Crippen LogP contribution in [0.4, 0.5) is 0 Å². The van der Waals surface area contributed by atoms with Crippen molar-refractivity contribution in [2.45, 2.75) is 25.8 Å². The normalized spacial score (nSPS) is 11.8. The molecule has 0 bridgehead atoms. The van der Waals surface area contributed by atoms with Crippen molar-refractivity contribution in [1.29, 1.82) is 0 Å². The fourth-order valence-corrected chi connectivity index (χ4v) is 3.41. The zero-order valence-corrected chi connectivity index (χ0v) is 16.9. The van der Waals surface area contributed by atoms with E-state index in [1.807, 2.05) is 55.5 Å². The maximum Gasteiger partial charge on any atom is 0.220 e. The molecule has 1 atom stereocenters. The minimum atomic E-state index is -0.183. The Balaban J connectivity index is 1.55. The summed E-state index contributed by atoms with van der Waals surface area (Å²) < 4.78 is 6.11. The summed E-state index contributed by atoms with van der Waals surface area (Å²) in [5.74, 6) is 1.52. The Labute approximate surface area is 167 Å². The molecule has 1 heterocycles. The van der Waals surface area contributed by atoms with E-state index in [0.29, 0.717) is 12.8 Å². The molecule has 6 heteroatoms. The lowest BCUT2D eigenvalue weighted by Gasteiger charge is -2.12. The standard InChI is InChI=1S/C21H22BrN3O2/c1-14(21-23-13-18(25-21)16-6-4-3-5-7-16)24-20(26)11-9-15-8-10-19(27-2)17(22)12-15/h3-8,10,12-14H,9,11H2,1-2H3,(H,23,25)(H,24,26). The van der Waals surface area contributed by atoms with E-state index in [0.717, 1.165) is 32.9 Å². The maximum atomic E-state index is 12.3. The van der Waals surface area contributed by atoms with Crippen molar-refractivity contribution < 1.29 is 9.53 Å². The van der Waals surface area contributed by atoms with Gasteiger partial charge < -0.3 is 15.0 Å². The number of halogens is 1. The van der Waals surface area contributed by atoms with Crippen LogP contribution in [0.25, 0.3) is 11.3 Å². The molecule has 0 saturated heterocycles. The number of aromatic nitrogens is 2. The van der Waals surface area contributed by atoms with Crippen LogP contribution < -0.4 is 10.1 Å². The molecule has 5 nitrogen and oxygen atoms in total. The van der Waals surface area contributed by atoms with Crippen molar-refractivity contribution in [2.24, 2.45) is 0 Å². The van der Waals surface area contributed by atoms with E-state index >= 15 is 0 Å². The number of hydrogen-bond donors (Lipinski definition) is 2. The molecular formula is C21H22BrN3O2. The molecule has 3 aromatic rings. The van der Waals surface area contributed by atoms with Crippen LogP contribution in [0.1, 0.15) is 30.8 Å². The summed E-state index contributed by atoms with van der Waals surface area (Å²) in [6.45, 7) is 1.93. The summed E-state index contributed by atoms with van der Waals surface area (Å²) in [7, 11) is 1.63. The second-order valence-corrected chi connectivity index (χ2v) is 7.16. The van der Waals surface area contributed by atoms with E-state index < -0.39 is 0 Å². The summed E-state index contributed by atoms with van der Waals surface area (Å²) >= 11 is 3.47. The topological polar surface area (TPSA) is 67.0 Å². The van der Waals surface area contributed by atoms with Crippen LogP contribution >= 0.6 is 15.9 Å². The first kappa shape index (κ1) is 19.2. The Kier molecular flexibility index (Phi) is 6.29. The molecule has 0 spiro atoms. The van der Waals surface area contributed by atoms with Crippen molar-refractivity contribution in [2.75, 3.05) is 7.11 Å². The third-order valence-electron chi connectivity index (χ3n) is 4.32.